The van der Waals surface area contributed by atoms with E-state index < -0.39 is 0 Å². The number of nitrogens with one attached hydrogen (secondary N) is 2. The minimum Gasteiger partial charge on any atom is -0.356 e. The third-order valence-electron chi connectivity index (χ3n) is 2.71. The minimum absolute atomic E-state index is 0. The molecule has 0 fully saturated rings. The molecule has 102 valence electrons. The molecule has 0 bridgehead atoms. The molecule has 1 aromatic rings. The summed E-state index contributed by atoms with van der Waals surface area (Å²) >= 11 is 0. The summed E-state index contributed by atoms with van der Waals surface area (Å²) in [7, 11) is 1.80. The molecule has 0 unspecified atom stereocenters. The molecule has 0 saturated carbocycles. The number of hydrogen-bond acceptors (Lipinski definition) is 1. The summed E-state index contributed by atoms with van der Waals surface area (Å²) in [6.45, 7) is 8.17. The van der Waals surface area contributed by atoms with Gasteiger partial charge in [0.1, 0.15) is 0 Å². The van der Waals surface area contributed by atoms with Gasteiger partial charge < -0.3 is 10.6 Å². The molecule has 0 amide bonds. The lowest BCUT2D eigenvalue weighted by atomic mass is 10.1. The Labute approximate surface area is 127 Å². The summed E-state index contributed by atoms with van der Waals surface area (Å²) < 4.78 is 0. The van der Waals surface area contributed by atoms with Crippen molar-refractivity contribution in [1.29, 1.82) is 0 Å². The summed E-state index contributed by atoms with van der Waals surface area (Å²) in [5, 5.41) is 6.58. The quantitative estimate of drug-likeness (QED) is 0.492. The molecule has 3 nitrogen and oxygen atoms in total. The summed E-state index contributed by atoms with van der Waals surface area (Å²) in [5.74, 6) is 0.867. The molecule has 0 radical (unpaired) electrons. The average Bonchev–Trinajstić information content (AvgIpc) is 2.31. The zero-order valence-electron chi connectivity index (χ0n) is 11.7. The molecule has 0 aliphatic carbocycles. The van der Waals surface area contributed by atoms with Gasteiger partial charge in [0, 0.05) is 20.1 Å². The minimum atomic E-state index is 0. The molecule has 0 aliphatic rings. The predicted molar refractivity (Wildman–Crippen MR) is 89.8 cm³/mol. The van der Waals surface area contributed by atoms with E-state index in [4.69, 9.17) is 0 Å². The molecule has 2 N–H and O–H groups in total. The van der Waals surface area contributed by atoms with E-state index in [0.29, 0.717) is 0 Å². The van der Waals surface area contributed by atoms with E-state index in [1.807, 2.05) is 0 Å². The van der Waals surface area contributed by atoms with Crippen LogP contribution >= 0.6 is 24.0 Å². The molecule has 0 heterocycles. The fourth-order valence-electron chi connectivity index (χ4n) is 1.69. The number of halogens is 1. The number of rotatable bonds is 4. The molecule has 18 heavy (non-hydrogen) atoms. The van der Waals surface area contributed by atoms with Gasteiger partial charge in [-0.05, 0) is 31.4 Å². The Kier molecular flexibility index (Phi) is 8.79. The Balaban J connectivity index is 0.00000289. The second-order valence-corrected chi connectivity index (χ2v) is 4.28. The molecule has 0 aliphatic heterocycles. The fraction of sp³-hybridized carbons (Fsp3) is 0.500. The van der Waals surface area contributed by atoms with Gasteiger partial charge in [0.2, 0.25) is 0 Å². The second kappa shape index (κ2) is 9.19. The van der Waals surface area contributed by atoms with Gasteiger partial charge >= 0.3 is 0 Å². The van der Waals surface area contributed by atoms with Gasteiger partial charge in [-0.15, -0.1) is 24.0 Å². The van der Waals surface area contributed by atoms with E-state index >= 15 is 0 Å². The van der Waals surface area contributed by atoms with Crippen LogP contribution in [0.2, 0.25) is 0 Å². The molecule has 0 spiro atoms. The van der Waals surface area contributed by atoms with Gasteiger partial charge in [0.05, 0.1) is 0 Å². The van der Waals surface area contributed by atoms with Crippen molar-refractivity contribution >= 4 is 29.9 Å². The highest BCUT2D eigenvalue weighted by Gasteiger charge is 2.00. The third kappa shape index (κ3) is 5.71. The van der Waals surface area contributed by atoms with E-state index in [1.54, 1.807) is 7.05 Å². The Morgan fingerprint density at radius 3 is 2.50 bits per heavy atom. The van der Waals surface area contributed by atoms with Gasteiger partial charge in [0.25, 0.3) is 0 Å². The van der Waals surface area contributed by atoms with Crippen LogP contribution in [-0.2, 0) is 6.54 Å². The summed E-state index contributed by atoms with van der Waals surface area (Å²) in [4.78, 5) is 4.18. The highest BCUT2D eigenvalue weighted by molar-refractivity contribution is 14.0. The zero-order chi connectivity index (χ0) is 12.7. The van der Waals surface area contributed by atoms with E-state index in [0.717, 1.165) is 25.5 Å². The number of aliphatic imine (C=N–C) groups is 1. The fourth-order valence-corrected chi connectivity index (χ4v) is 1.69. The lowest BCUT2D eigenvalue weighted by Crippen LogP contribution is -2.37. The number of aryl methyl sites for hydroxylation is 2. The maximum absolute atomic E-state index is 4.18. The Morgan fingerprint density at radius 1 is 1.22 bits per heavy atom. The average molecular weight is 361 g/mol. The van der Waals surface area contributed by atoms with Crippen molar-refractivity contribution in [2.75, 3.05) is 13.6 Å². The Morgan fingerprint density at radius 2 is 1.94 bits per heavy atom. The van der Waals surface area contributed by atoms with Crippen molar-refractivity contribution in [1.82, 2.24) is 10.6 Å². The summed E-state index contributed by atoms with van der Waals surface area (Å²) in [6.07, 6.45) is 1.10. The van der Waals surface area contributed by atoms with Crippen molar-refractivity contribution < 1.29 is 0 Å². The number of nitrogens with zero attached hydrogens (tertiary/aromatic N) is 1. The van der Waals surface area contributed by atoms with Crippen molar-refractivity contribution in [2.24, 2.45) is 4.99 Å². The lowest BCUT2D eigenvalue weighted by molar-refractivity contribution is 0.780. The molecule has 0 aromatic heterocycles. The molecule has 0 atom stereocenters. The van der Waals surface area contributed by atoms with Crippen LogP contribution in [0.15, 0.2) is 23.2 Å². The number of hydrogen-bond donors (Lipinski definition) is 2. The van der Waals surface area contributed by atoms with Crippen LogP contribution in [0.25, 0.3) is 0 Å². The number of benzene rings is 1. The van der Waals surface area contributed by atoms with Crippen molar-refractivity contribution in [3.8, 4) is 0 Å². The zero-order valence-corrected chi connectivity index (χ0v) is 14.0. The third-order valence-corrected chi connectivity index (χ3v) is 2.71. The van der Waals surface area contributed by atoms with Crippen molar-refractivity contribution in [3.63, 3.8) is 0 Å². The molecule has 1 aromatic carbocycles. The summed E-state index contributed by atoms with van der Waals surface area (Å²) in [6, 6.07) is 6.52. The largest absolute Gasteiger partial charge is 0.356 e. The van der Waals surface area contributed by atoms with Crippen LogP contribution in [-0.4, -0.2) is 19.6 Å². The lowest BCUT2D eigenvalue weighted by Gasteiger charge is -2.12. The van der Waals surface area contributed by atoms with Crippen molar-refractivity contribution in [3.05, 3.63) is 34.9 Å². The van der Waals surface area contributed by atoms with Gasteiger partial charge in [-0.25, -0.2) is 0 Å². The summed E-state index contributed by atoms with van der Waals surface area (Å²) in [5.41, 5.74) is 3.94. The SMILES string of the molecule is CCCNC(=NC)NCc1ccc(C)cc1C.I. The van der Waals surface area contributed by atoms with E-state index in [-0.39, 0.29) is 24.0 Å². The predicted octanol–water partition coefficient (Wildman–Crippen LogP) is 3.00. The van der Waals surface area contributed by atoms with Crippen LogP contribution < -0.4 is 10.6 Å². The van der Waals surface area contributed by atoms with Crippen LogP contribution in [0.1, 0.15) is 30.0 Å². The monoisotopic (exact) mass is 361 g/mol. The smallest absolute Gasteiger partial charge is 0.191 e. The van der Waals surface area contributed by atoms with E-state index in [9.17, 15) is 0 Å². The van der Waals surface area contributed by atoms with Crippen LogP contribution in [0.5, 0.6) is 0 Å². The van der Waals surface area contributed by atoms with Crippen LogP contribution in [0.3, 0.4) is 0 Å². The van der Waals surface area contributed by atoms with Gasteiger partial charge in [-0.3, -0.25) is 4.99 Å². The van der Waals surface area contributed by atoms with Gasteiger partial charge in [0.15, 0.2) is 5.96 Å². The highest BCUT2D eigenvalue weighted by atomic mass is 127. The first-order valence-corrected chi connectivity index (χ1v) is 6.18. The molecule has 0 saturated heterocycles. The van der Waals surface area contributed by atoms with E-state index in [2.05, 4.69) is 54.6 Å². The van der Waals surface area contributed by atoms with Gasteiger partial charge in [-0.1, -0.05) is 30.7 Å². The van der Waals surface area contributed by atoms with Crippen LogP contribution in [0.4, 0.5) is 0 Å². The maximum atomic E-state index is 4.18. The van der Waals surface area contributed by atoms with E-state index in [1.165, 1.54) is 16.7 Å². The first kappa shape index (κ1) is 17.2. The molecule has 4 heteroatoms. The second-order valence-electron chi connectivity index (χ2n) is 4.28. The van der Waals surface area contributed by atoms with Gasteiger partial charge in [-0.2, -0.15) is 0 Å². The maximum Gasteiger partial charge on any atom is 0.191 e. The first-order valence-electron chi connectivity index (χ1n) is 6.18. The molecular formula is C14H24IN3. The topological polar surface area (TPSA) is 36.4 Å². The highest BCUT2D eigenvalue weighted by Crippen LogP contribution is 2.09. The normalized spacial score (nSPS) is 10.8. The van der Waals surface area contributed by atoms with Crippen LogP contribution in [0, 0.1) is 13.8 Å². The number of guanidine groups is 1. The standard InChI is InChI=1S/C14H23N3.HI/c1-5-8-16-14(15-4)17-10-13-7-6-11(2)9-12(13)3;/h6-7,9H,5,8,10H2,1-4H3,(H2,15,16,17);1H. The molecular weight excluding hydrogens is 337 g/mol. The van der Waals surface area contributed by atoms with Crippen molar-refractivity contribution in [2.45, 2.75) is 33.7 Å². The first-order chi connectivity index (χ1) is 8.17. The Hall–Kier alpha value is -0.780. The molecule has 1 rings (SSSR count). The Bertz CT molecular complexity index is 389.